The molecule has 2 unspecified atom stereocenters. The number of nitrogens with one attached hydrogen (secondary N) is 1. The molecule has 1 aromatic heterocycles. The lowest BCUT2D eigenvalue weighted by atomic mass is 10.1. The summed E-state index contributed by atoms with van der Waals surface area (Å²) in [6.07, 6.45) is 2.64. The second-order valence-corrected chi connectivity index (χ2v) is 4.98. The van der Waals surface area contributed by atoms with Crippen molar-refractivity contribution < 1.29 is 9.53 Å². The molecule has 1 amide bonds. The lowest BCUT2D eigenvalue weighted by molar-refractivity contribution is -0.0304. The van der Waals surface area contributed by atoms with Crippen LogP contribution >= 0.6 is 0 Å². The number of aromatic amines is 1. The van der Waals surface area contributed by atoms with Crippen LogP contribution < -0.4 is 0 Å². The number of hydrogen-bond acceptors (Lipinski definition) is 3. The van der Waals surface area contributed by atoms with Gasteiger partial charge in [-0.25, -0.2) is 0 Å². The Morgan fingerprint density at radius 2 is 2.00 bits per heavy atom. The average molecular weight is 235 g/mol. The molecule has 1 N–H and O–H groups in total. The molecule has 3 rings (SSSR count). The molecule has 1 aromatic rings. The second-order valence-electron chi connectivity index (χ2n) is 4.98. The summed E-state index contributed by atoms with van der Waals surface area (Å²) in [5.74, 6) is 0.0916. The minimum absolute atomic E-state index is 0.0916. The van der Waals surface area contributed by atoms with E-state index in [0.29, 0.717) is 0 Å². The molecule has 0 aromatic carbocycles. The summed E-state index contributed by atoms with van der Waals surface area (Å²) in [7, 11) is 0. The van der Waals surface area contributed by atoms with Gasteiger partial charge in [-0.2, -0.15) is 5.10 Å². The molecular weight excluding hydrogens is 218 g/mol. The maximum atomic E-state index is 12.4. The van der Waals surface area contributed by atoms with Crippen LogP contribution in [0, 0.1) is 13.8 Å². The zero-order chi connectivity index (χ0) is 12.0. The number of carbonyl (C=O) groups excluding carboxylic acids is 1. The molecule has 0 radical (unpaired) electrons. The molecule has 0 aliphatic carbocycles. The minimum Gasteiger partial charge on any atom is -0.371 e. The van der Waals surface area contributed by atoms with Crippen molar-refractivity contribution in [3.05, 3.63) is 17.0 Å². The molecule has 2 atom stereocenters. The summed E-state index contributed by atoms with van der Waals surface area (Å²) >= 11 is 0. The first kappa shape index (κ1) is 10.8. The molecule has 5 heteroatoms. The van der Waals surface area contributed by atoms with Crippen molar-refractivity contribution >= 4 is 5.91 Å². The maximum absolute atomic E-state index is 12.4. The van der Waals surface area contributed by atoms with Crippen molar-refractivity contribution in [2.75, 3.05) is 13.1 Å². The van der Waals surface area contributed by atoms with Crippen molar-refractivity contribution in [3.8, 4) is 0 Å². The van der Waals surface area contributed by atoms with Crippen LogP contribution in [0.1, 0.15) is 34.6 Å². The summed E-state index contributed by atoms with van der Waals surface area (Å²) in [6, 6.07) is 0. The van der Waals surface area contributed by atoms with E-state index in [1.54, 1.807) is 0 Å². The molecule has 92 valence electrons. The van der Waals surface area contributed by atoms with Crippen LogP contribution in [0.3, 0.4) is 0 Å². The number of nitrogens with zero attached hydrogens (tertiary/aromatic N) is 2. The molecule has 2 bridgehead atoms. The number of H-pyrrole nitrogens is 1. The van der Waals surface area contributed by atoms with Gasteiger partial charge >= 0.3 is 0 Å². The van der Waals surface area contributed by atoms with Crippen LogP contribution in [-0.2, 0) is 4.74 Å². The number of hydrogen-bond donors (Lipinski definition) is 1. The van der Waals surface area contributed by atoms with Crippen molar-refractivity contribution in [3.63, 3.8) is 0 Å². The number of likely N-dealkylation sites (tertiary alicyclic amines) is 1. The SMILES string of the molecule is Cc1n[nH]c(C)c1C(=O)N1CC2CCC(C1)O2. The van der Waals surface area contributed by atoms with E-state index < -0.39 is 0 Å². The topological polar surface area (TPSA) is 58.2 Å². The monoisotopic (exact) mass is 235 g/mol. The number of carbonyl (C=O) groups is 1. The van der Waals surface area contributed by atoms with E-state index in [4.69, 9.17) is 4.74 Å². The van der Waals surface area contributed by atoms with Crippen molar-refractivity contribution in [1.82, 2.24) is 15.1 Å². The highest BCUT2D eigenvalue weighted by atomic mass is 16.5. The molecular formula is C12H17N3O2. The van der Waals surface area contributed by atoms with Crippen molar-refractivity contribution in [2.24, 2.45) is 0 Å². The fraction of sp³-hybridized carbons (Fsp3) is 0.667. The normalized spacial score (nSPS) is 27.5. The summed E-state index contributed by atoms with van der Waals surface area (Å²) in [6.45, 7) is 5.20. The minimum atomic E-state index is 0.0916. The predicted molar refractivity (Wildman–Crippen MR) is 61.9 cm³/mol. The standard InChI is InChI=1S/C12H17N3O2/c1-7-11(8(2)14-13-7)12(16)15-5-9-3-4-10(6-15)17-9/h9-10H,3-6H2,1-2H3,(H,13,14). The number of amides is 1. The van der Waals surface area contributed by atoms with E-state index in [1.807, 2.05) is 18.7 Å². The van der Waals surface area contributed by atoms with Gasteiger partial charge in [0.25, 0.3) is 5.91 Å². The Balaban J connectivity index is 1.83. The fourth-order valence-electron chi connectivity index (χ4n) is 2.80. The maximum Gasteiger partial charge on any atom is 0.257 e. The van der Waals surface area contributed by atoms with E-state index >= 15 is 0 Å². The molecule has 2 saturated heterocycles. The first-order valence-corrected chi connectivity index (χ1v) is 6.11. The van der Waals surface area contributed by atoms with Crippen LogP contribution in [0.5, 0.6) is 0 Å². The third-order valence-electron chi connectivity index (χ3n) is 3.67. The zero-order valence-corrected chi connectivity index (χ0v) is 10.2. The number of rotatable bonds is 1. The van der Waals surface area contributed by atoms with Crippen LogP contribution in [0.2, 0.25) is 0 Å². The molecule has 0 saturated carbocycles. The van der Waals surface area contributed by atoms with Crippen LogP contribution in [0.25, 0.3) is 0 Å². The van der Waals surface area contributed by atoms with Gasteiger partial charge in [-0.05, 0) is 26.7 Å². The highest BCUT2D eigenvalue weighted by molar-refractivity contribution is 5.96. The molecule has 0 spiro atoms. The summed E-state index contributed by atoms with van der Waals surface area (Å²) < 4.78 is 5.74. The molecule has 5 nitrogen and oxygen atoms in total. The van der Waals surface area contributed by atoms with E-state index in [1.165, 1.54) is 0 Å². The number of morpholine rings is 1. The molecule has 2 aliphatic heterocycles. The molecule has 2 fully saturated rings. The highest BCUT2D eigenvalue weighted by Gasteiger charge is 2.36. The number of ether oxygens (including phenoxy) is 1. The van der Waals surface area contributed by atoms with E-state index in [-0.39, 0.29) is 18.1 Å². The van der Waals surface area contributed by atoms with E-state index in [2.05, 4.69) is 10.2 Å². The smallest absolute Gasteiger partial charge is 0.257 e. The Hall–Kier alpha value is -1.36. The van der Waals surface area contributed by atoms with Crippen LogP contribution in [-0.4, -0.2) is 46.3 Å². The zero-order valence-electron chi connectivity index (χ0n) is 10.2. The van der Waals surface area contributed by atoms with E-state index in [0.717, 1.165) is 42.9 Å². The predicted octanol–water partition coefficient (Wildman–Crippen LogP) is 1.03. The Kier molecular flexibility index (Phi) is 2.43. The van der Waals surface area contributed by atoms with Gasteiger partial charge < -0.3 is 9.64 Å². The van der Waals surface area contributed by atoms with Gasteiger partial charge in [0.1, 0.15) is 0 Å². The Morgan fingerprint density at radius 3 is 2.53 bits per heavy atom. The van der Waals surface area contributed by atoms with Gasteiger partial charge in [0, 0.05) is 18.8 Å². The quantitative estimate of drug-likeness (QED) is 0.791. The van der Waals surface area contributed by atoms with Crippen molar-refractivity contribution in [2.45, 2.75) is 38.9 Å². The van der Waals surface area contributed by atoms with Crippen molar-refractivity contribution in [1.29, 1.82) is 0 Å². The lowest BCUT2D eigenvalue weighted by Gasteiger charge is -2.32. The molecule has 3 heterocycles. The highest BCUT2D eigenvalue weighted by Crippen LogP contribution is 2.27. The van der Waals surface area contributed by atoms with Gasteiger partial charge in [-0.15, -0.1) is 0 Å². The number of fused-ring (bicyclic) bond motifs is 2. The summed E-state index contributed by atoms with van der Waals surface area (Å²) in [5, 5.41) is 6.95. The first-order valence-electron chi connectivity index (χ1n) is 6.11. The van der Waals surface area contributed by atoms with Gasteiger partial charge in [0.05, 0.1) is 23.5 Å². The fourth-order valence-corrected chi connectivity index (χ4v) is 2.80. The Bertz CT molecular complexity index is 423. The van der Waals surface area contributed by atoms with Gasteiger partial charge in [0.2, 0.25) is 0 Å². The van der Waals surface area contributed by atoms with Gasteiger partial charge in [-0.1, -0.05) is 0 Å². The van der Waals surface area contributed by atoms with Gasteiger partial charge in [0.15, 0.2) is 0 Å². The first-order chi connectivity index (χ1) is 8.15. The molecule has 17 heavy (non-hydrogen) atoms. The second kappa shape index (κ2) is 3.84. The van der Waals surface area contributed by atoms with Gasteiger partial charge in [-0.3, -0.25) is 9.89 Å². The van der Waals surface area contributed by atoms with Crippen LogP contribution in [0.4, 0.5) is 0 Å². The lowest BCUT2D eigenvalue weighted by Crippen LogP contribution is -2.46. The van der Waals surface area contributed by atoms with Crippen LogP contribution in [0.15, 0.2) is 0 Å². The number of aromatic nitrogens is 2. The summed E-state index contributed by atoms with van der Waals surface area (Å²) in [5.41, 5.74) is 2.36. The third-order valence-corrected chi connectivity index (χ3v) is 3.67. The average Bonchev–Trinajstić information content (AvgIpc) is 2.81. The third kappa shape index (κ3) is 1.74. The Morgan fingerprint density at radius 1 is 1.35 bits per heavy atom. The summed E-state index contributed by atoms with van der Waals surface area (Å²) in [4.78, 5) is 14.3. The largest absolute Gasteiger partial charge is 0.371 e. The van der Waals surface area contributed by atoms with E-state index in [9.17, 15) is 4.79 Å². The molecule has 2 aliphatic rings. The number of aryl methyl sites for hydroxylation is 2. The Labute approximate surface area is 100 Å².